The molecule has 0 bridgehead atoms. The molecule has 2 aromatic heterocycles. The van der Waals surface area contributed by atoms with Crippen molar-refractivity contribution in [3.63, 3.8) is 0 Å². The third-order valence-corrected chi connectivity index (χ3v) is 3.89. The predicted octanol–water partition coefficient (Wildman–Crippen LogP) is 4.24. The highest BCUT2D eigenvalue weighted by Crippen LogP contribution is 2.22. The van der Waals surface area contributed by atoms with Crippen LogP contribution >= 0.6 is 15.9 Å². The molecule has 7 nitrogen and oxygen atoms in total. The van der Waals surface area contributed by atoms with E-state index in [-0.39, 0.29) is 11.7 Å². The molecule has 0 atom stereocenters. The van der Waals surface area contributed by atoms with Crippen LogP contribution in [0.15, 0.2) is 67.1 Å². The van der Waals surface area contributed by atoms with Gasteiger partial charge in [0.2, 0.25) is 0 Å². The van der Waals surface area contributed by atoms with Crippen molar-refractivity contribution < 1.29 is 23.2 Å². The molecular formula is C19H15BrN2O5. The number of esters is 1. The average molecular weight is 431 g/mol. The SMILES string of the molecule is CCOC(=O)c1ccc(-c2ccc(C=NNC(=O)c3ccc(Br)o3)o2)cc1. The molecule has 27 heavy (non-hydrogen) atoms. The van der Waals surface area contributed by atoms with E-state index in [2.05, 4.69) is 26.5 Å². The molecule has 1 amide bonds. The molecule has 1 aromatic carbocycles. The van der Waals surface area contributed by atoms with Crippen molar-refractivity contribution in [3.05, 3.63) is 70.3 Å². The lowest BCUT2D eigenvalue weighted by Crippen LogP contribution is -2.16. The zero-order valence-corrected chi connectivity index (χ0v) is 15.9. The van der Waals surface area contributed by atoms with Gasteiger partial charge in [0, 0.05) is 5.56 Å². The topological polar surface area (TPSA) is 94.0 Å². The van der Waals surface area contributed by atoms with E-state index >= 15 is 0 Å². The van der Waals surface area contributed by atoms with Crippen molar-refractivity contribution in [1.82, 2.24) is 5.43 Å². The summed E-state index contributed by atoms with van der Waals surface area (Å²) in [6.45, 7) is 2.09. The van der Waals surface area contributed by atoms with Crippen LogP contribution in [0.4, 0.5) is 0 Å². The number of nitrogens with zero attached hydrogens (tertiary/aromatic N) is 1. The van der Waals surface area contributed by atoms with Gasteiger partial charge in [0.05, 0.1) is 18.4 Å². The summed E-state index contributed by atoms with van der Waals surface area (Å²) in [7, 11) is 0. The number of hydrogen-bond donors (Lipinski definition) is 1. The summed E-state index contributed by atoms with van der Waals surface area (Å²) in [6.07, 6.45) is 1.38. The molecule has 0 spiro atoms. The number of halogens is 1. The van der Waals surface area contributed by atoms with Gasteiger partial charge >= 0.3 is 11.9 Å². The number of hydrazone groups is 1. The fourth-order valence-electron chi connectivity index (χ4n) is 2.21. The fourth-order valence-corrected chi connectivity index (χ4v) is 2.51. The van der Waals surface area contributed by atoms with Crippen molar-refractivity contribution in [2.45, 2.75) is 6.92 Å². The van der Waals surface area contributed by atoms with E-state index in [1.54, 1.807) is 49.4 Å². The number of carbonyl (C=O) groups excluding carboxylic acids is 2. The number of amides is 1. The zero-order valence-electron chi connectivity index (χ0n) is 14.3. The van der Waals surface area contributed by atoms with Crippen molar-refractivity contribution >= 4 is 34.0 Å². The molecule has 0 aliphatic heterocycles. The largest absolute Gasteiger partial charge is 0.462 e. The molecule has 0 unspecified atom stereocenters. The maximum absolute atomic E-state index is 11.8. The minimum atomic E-state index is -0.474. The van der Waals surface area contributed by atoms with Gasteiger partial charge in [0.1, 0.15) is 11.5 Å². The number of benzene rings is 1. The third-order valence-electron chi connectivity index (χ3n) is 3.46. The summed E-state index contributed by atoms with van der Waals surface area (Å²) >= 11 is 3.12. The van der Waals surface area contributed by atoms with Gasteiger partial charge in [-0.05, 0) is 59.3 Å². The van der Waals surface area contributed by atoms with Crippen LogP contribution in [0, 0.1) is 0 Å². The minimum Gasteiger partial charge on any atom is -0.462 e. The molecule has 1 N–H and O–H groups in total. The third kappa shape index (κ3) is 4.73. The first-order valence-electron chi connectivity index (χ1n) is 8.03. The van der Waals surface area contributed by atoms with Crippen LogP contribution in [-0.2, 0) is 4.74 Å². The molecule has 3 aromatic rings. The zero-order chi connectivity index (χ0) is 19.2. The normalized spacial score (nSPS) is 10.9. The van der Waals surface area contributed by atoms with Crippen molar-refractivity contribution in [2.24, 2.45) is 5.10 Å². The van der Waals surface area contributed by atoms with Crippen LogP contribution in [0.1, 0.15) is 33.6 Å². The number of ether oxygens (including phenoxy) is 1. The summed E-state index contributed by atoms with van der Waals surface area (Å²) in [5, 5.41) is 3.84. The standard InChI is InChI=1S/C19H15BrN2O5/c1-2-25-19(24)13-5-3-12(4-6-13)15-8-7-14(26-15)11-21-22-18(23)16-9-10-17(20)27-16/h3-11H,2H2,1H3,(H,22,23). The van der Waals surface area contributed by atoms with E-state index in [1.807, 2.05) is 0 Å². The molecule has 0 aliphatic carbocycles. The summed E-state index contributed by atoms with van der Waals surface area (Å²) in [4.78, 5) is 23.5. The van der Waals surface area contributed by atoms with Crippen molar-refractivity contribution in [3.8, 4) is 11.3 Å². The molecule has 0 saturated carbocycles. The van der Waals surface area contributed by atoms with Gasteiger partial charge in [-0.3, -0.25) is 4.79 Å². The van der Waals surface area contributed by atoms with Gasteiger partial charge in [0.25, 0.3) is 0 Å². The Kier molecular flexibility index (Phi) is 5.87. The van der Waals surface area contributed by atoms with E-state index in [9.17, 15) is 9.59 Å². The van der Waals surface area contributed by atoms with Crippen LogP contribution in [0.2, 0.25) is 0 Å². The van der Waals surface area contributed by atoms with Crippen molar-refractivity contribution in [1.29, 1.82) is 0 Å². The molecule has 8 heteroatoms. The lowest BCUT2D eigenvalue weighted by molar-refractivity contribution is 0.0526. The predicted molar refractivity (Wildman–Crippen MR) is 102 cm³/mol. The number of hydrogen-bond acceptors (Lipinski definition) is 6. The second-order valence-electron chi connectivity index (χ2n) is 5.30. The number of carbonyl (C=O) groups is 2. The van der Waals surface area contributed by atoms with Crippen LogP contribution in [-0.4, -0.2) is 24.7 Å². The summed E-state index contributed by atoms with van der Waals surface area (Å²) in [5.41, 5.74) is 3.62. The van der Waals surface area contributed by atoms with Crippen molar-refractivity contribution in [2.75, 3.05) is 6.61 Å². The molecule has 0 radical (unpaired) electrons. The van der Waals surface area contributed by atoms with Crippen LogP contribution in [0.3, 0.4) is 0 Å². The fraction of sp³-hybridized carbons (Fsp3) is 0.105. The lowest BCUT2D eigenvalue weighted by atomic mass is 10.1. The first-order valence-corrected chi connectivity index (χ1v) is 8.82. The number of furan rings is 2. The first-order chi connectivity index (χ1) is 13.1. The van der Waals surface area contributed by atoms with Gasteiger partial charge in [-0.25, -0.2) is 10.2 Å². The number of nitrogens with one attached hydrogen (secondary N) is 1. The highest BCUT2D eigenvalue weighted by Gasteiger charge is 2.10. The molecule has 0 saturated heterocycles. The van der Waals surface area contributed by atoms with Crippen LogP contribution in [0.25, 0.3) is 11.3 Å². The smallest absolute Gasteiger partial charge is 0.338 e. The van der Waals surface area contributed by atoms with Gasteiger partial charge in [-0.1, -0.05) is 12.1 Å². The maximum atomic E-state index is 11.8. The van der Waals surface area contributed by atoms with E-state index in [1.165, 1.54) is 12.3 Å². The Hall–Kier alpha value is -3.13. The summed E-state index contributed by atoms with van der Waals surface area (Å²) in [5.74, 6) is 0.364. The Balaban J connectivity index is 1.62. The van der Waals surface area contributed by atoms with Crippen LogP contribution in [0.5, 0.6) is 0 Å². The van der Waals surface area contributed by atoms with E-state index in [4.69, 9.17) is 13.6 Å². The van der Waals surface area contributed by atoms with E-state index in [0.29, 0.717) is 28.4 Å². The van der Waals surface area contributed by atoms with Crippen LogP contribution < -0.4 is 5.43 Å². The molecule has 3 rings (SSSR count). The molecular weight excluding hydrogens is 416 g/mol. The highest BCUT2D eigenvalue weighted by atomic mass is 79.9. The highest BCUT2D eigenvalue weighted by molar-refractivity contribution is 9.10. The molecule has 0 aliphatic rings. The molecule has 0 fully saturated rings. The summed E-state index contributed by atoms with van der Waals surface area (Å²) in [6, 6.07) is 13.5. The van der Waals surface area contributed by atoms with E-state index < -0.39 is 5.91 Å². The minimum absolute atomic E-state index is 0.140. The van der Waals surface area contributed by atoms with E-state index in [0.717, 1.165) is 5.56 Å². The Morgan fingerprint density at radius 3 is 2.56 bits per heavy atom. The molecule has 2 heterocycles. The van der Waals surface area contributed by atoms with Gasteiger partial charge in [-0.15, -0.1) is 0 Å². The summed E-state index contributed by atoms with van der Waals surface area (Å²) < 4.78 is 16.2. The Morgan fingerprint density at radius 2 is 1.89 bits per heavy atom. The second-order valence-corrected chi connectivity index (χ2v) is 6.08. The van der Waals surface area contributed by atoms with Gasteiger partial charge in [0.15, 0.2) is 10.4 Å². The average Bonchev–Trinajstić information content (AvgIpc) is 3.31. The monoisotopic (exact) mass is 430 g/mol. The lowest BCUT2D eigenvalue weighted by Gasteiger charge is -2.02. The Morgan fingerprint density at radius 1 is 1.11 bits per heavy atom. The second kappa shape index (κ2) is 8.50. The maximum Gasteiger partial charge on any atom is 0.338 e. The first kappa shape index (κ1) is 18.7. The number of rotatable bonds is 6. The van der Waals surface area contributed by atoms with Gasteiger partial charge < -0.3 is 13.6 Å². The van der Waals surface area contributed by atoms with Gasteiger partial charge in [-0.2, -0.15) is 5.10 Å². The quantitative estimate of drug-likeness (QED) is 0.358. The molecule has 138 valence electrons. The Labute approximate surface area is 163 Å². The Bertz CT molecular complexity index is 972.